The van der Waals surface area contributed by atoms with Gasteiger partial charge in [0.25, 0.3) is 0 Å². The molecule has 0 aliphatic carbocycles. The Balaban J connectivity index is 1.66. The summed E-state index contributed by atoms with van der Waals surface area (Å²) in [6, 6.07) is 6.09. The van der Waals surface area contributed by atoms with Crippen LogP contribution in [0, 0.1) is 6.92 Å². The van der Waals surface area contributed by atoms with Crippen molar-refractivity contribution >= 4 is 16.9 Å². The van der Waals surface area contributed by atoms with Gasteiger partial charge in [0, 0.05) is 30.2 Å². The molecule has 0 saturated heterocycles. The molecule has 92 valence electrons. The molecule has 0 aliphatic heterocycles. The number of thiazole rings is 1. The fraction of sp³-hybridized carbons (Fsp3) is 0.231. The molecule has 0 fully saturated rings. The Labute approximate surface area is 109 Å². The summed E-state index contributed by atoms with van der Waals surface area (Å²) in [7, 11) is 0. The van der Waals surface area contributed by atoms with Crippen LogP contribution >= 0.6 is 11.3 Å². The van der Waals surface area contributed by atoms with E-state index < -0.39 is 0 Å². The van der Waals surface area contributed by atoms with E-state index in [0.29, 0.717) is 0 Å². The number of rotatable bonds is 4. The number of nitrogens with zero attached hydrogens (tertiary/aromatic N) is 3. The van der Waals surface area contributed by atoms with Crippen LogP contribution in [0.25, 0.3) is 5.52 Å². The topological polar surface area (TPSA) is 42.2 Å². The minimum atomic E-state index is 0.800. The van der Waals surface area contributed by atoms with E-state index in [-0.39, 0.29) is 0 Å². The molecule has 0 amide bonds. The van der Waals surface area contributed by atoms with Gasteiger partial charge in [-0.15, -0.1) is 11.3 Å². The van der Waals surface area contributed by atoms with Crippen molar-refractivity contribution in [2.24, 2.45) is 0 Å². The van der Waals surface area contributed by atoms with Crippen molar-refractivity contribution < 1.29 is 0 Å². The lowest BCUT2D eigenvalue weighted by Gasteiger charge is -2.01. The van der Waals surface area contributed by atoms with Gasteiger partial charge in [0.15, 0.2) is 0 Å². The molecule has 3 heterocycles. The SMILES string of the molecule is Cc1nc(CNCc2cnn3ccccc23)cs1. The molecule has 1 N–H and O–H groups in total. The second kappa shape index (κ2) is 4.88. The highest BCUT2D eigenvalue weighted by molar-refractivity contribution is 7.09. The molecule has 3 aromatic heterocycles. The molecule has 0 saturated carbocycles. The lowest BCUT2D eigenvalue weighted by Crippen LogP contribution is -2.12. The zero-order valence-electron chi connectivity index (χ0n) is 10.1. The van der Waals surface area contributed by atoms with Crippen LogP contribution in [0.4, 0.5) is 0 Å². The molecule has 3 rings (SSSR count). The van der Waals surface area contributed by atoms with E-state index in [1.807, 2.05) is 36.0 Å². The zero-order chi connectivity index (χ0) is 12.4. The summed E-state index contributed by atoms with van der Waals surface area (Å²) in [5.41, 5.74) is 3.47. The van der Waals surface area contributed by atoms with E-state index >= 15 is 0 Å². The van der Waals surface area contributed by atoms with Gasteiger partial charge in [0.2, 0.25) is 0 Å². The highest BCUT2D eigenvalue weighted by Crippen LogP contribution is 2.11. The highest BCUT2D eigenvalue weighted by Gasteiger charge is 2.03. The summed E-state index contributed by atoms with van der Waals surface area (Å²) in [5.74, 6) is 0. The predicted octanol–water partition coefficient (Wildman–Crippen LogP) is 2.39. The standard InChI is InChI=1S/C13H14N4S/c1-10-16-12(9-18-10)8-14-6-11-7-15-17-5-3-2-4-13(11)17/h2-5,7,9,14H,6,8H2,1H3. The number of pyridine rings is 1. The predicted molar refractivity (Wildman–Crippen MR) is 72.6 cm³/mol. The maximum absolute atomic E-state index is 4.43. The second-order valence-corrected chi connectivity index (χ2v) is 5.22. The minimum absolute atomic E-state index is 0.800. The van der Waals surface area contributed by atoms with Crippen molar-refractivity contribution in [2.75, 3.05) is 0 Å². The second-order valence-electron chi connectivity index (χ2n) is 4.16. The smallest absolute Gasteiger partial charge is 0.0897 e. The normalized spacial score (nSPS) is 11.2. The summed E-state index contributed by atoms with van der Waals surface area (Å²) in [6.07, 6.45) is 3.87. The third kappa shape index (κ3) is 2.27. The lowest BCUT2D eigenvalue weighted by molar-refractivity contribution is 0.684. The van der Waals surface area contributed by atoms with Crippen molar-refractivity contribution in [3.05, 3.63) is 52.2 Å². The van der Waals surface area contributed by atoms with Gasteiger partial charge in [-0.2, -0.15) is 5.10 Å². The molecule has 0 spiro atoms. The van der Waals surface area contributed by atoms with Crippen molar-refractivity contribution in [3.63, 3.8) is 0 Å². The van der Waals surface area contributed by atoms with Crippen LogP contribution in [0.3, 0.4) is 0 Å². The van der Waals surface area contributed by atoms with E-state index in [9.17, 15) is 0 Å². The van der Waals surface area contributed by atoms with Gasteiger partial charge in [-0.25, -0.2) is 9.50 Å². The summed E-state index contributed by atoms with van der Waals surface area (Å²) in [4.78, 5) is 4.43. The van der Waals surface area contributed by atoms with Crippen LogP contribution in [0.2, 0.25) is 0 Å². The maximum Gasteiger partial charge on any atom is 0.0897 e. The fourth-order valence-corrected chi connectivity index (χ4v) is 2.55. The third-order valence-corrected chi connectivity index (χ3v) is 3.62. The Bertz CT molecular complexity index is 656. The molecule has 5 heteroatoms. The molecule has 18 heavy (non-hydrogen) atoms. The minimum Gasteiger partial charge on any atom is -0.307 e. The van der Waals surface area contributed by atoms with Gasteiger partial charge in [0.05, 0.1) is 22.4 Å². The number of hydrogen-bond acceptors (Lipinski definition) is 4. The van der Waals surface area contributed by atoms with E-state index in [4.69, 9.17) is 0 Å². The number of nitrogens with one attached hydrogen (secondary N) is 1. The van der Waals surface area contributed by atoms with Crippen molar-refractivity contribution in [3.8, 4) is 0 Å². The number of hydrogen-bond donors (Lipinski definition) is 1. The fourth-order valence-electron chi connectivity index (χ4n) is 1.94. The van der Waals surface area contributed by atoms with Gasteiger partial charge in [0.1, 0.15) is 0 Å². The molecule has 3 aromatic rings. The first kappa shape index (κ1) is 11.4. The van der Waals surface area contributed by atoms with E-state index in [2.05, 4.69) is 26.8 Å². The molecule has 0 unspecified atom stereocenters. The molecule has 0 atom stereocenters. The summed E-state index contributed by atoms with van der Waals surface area (Å²) >= 11 is 1.69. The van der Waals surface area contributed by atoms with Crippen LogP contribution in [0.5, 0.6) is 0 Å². The molecule has 0 aliphatic rings. The largest absolute Gasteiger partial charge is 0.307 e. The Morgan fingerprint density at radius 3 is 3.11 bits per heavy atom. The zero-order valence-corrected chi connectivity index (χ0v) is 10.9. The third-order valence-electron chi connectivity index (χ3n) is 2.79. The first-order chi connectivity index (χ1) is 8.83. The van der Waals surface area contributed by atoms with Crippen LogP contribution in [0.15, 0.2) is 36.0 Å². The van der Waals surface area contributed by atoms with Gasteiger partial charge < -0.3 is 5.32 Å². The van der Waals surface area contributed by atoms with Crippen molar-refractivity contribution in [2.45, 2.75) is 20.0 Å². The average Bonchev–Trinajstić information content (AvgIpc) is 2.97. The molecular formula is C13H14N4S. The summed E-state index contributed by atoms with van der Waals surface area (Å²) in [5, 5.41) is 10.9. The quantitative estimate of drug-likeness (QED) is 0.781. The number of aromatic nitrogens is 3. The monoisotopic (exact) mass is 258 g/mol. The van der Waals surface area contributed by atoms with Crippen LogP contribution in [-0.4, -0.2) is 14.6 Å². The molecule has 4 nitrogen and oxygen atoms in total. The Kier molecular flexibility index (Phi) is 3.08. The average molecular weight is 258 g/mol. The van der Waals surface area contributed by atoms with Gasteiger partial charge in [-0.1, -0.05) is 6.07 Å². The highest BCUT2D eigenvalue weighted by atomic mass is 32.1. The van der Waals surface area contributed by atoms with Crippen LogP contribution < -0.4 is 5.32 Å². The lowest BCUT2D eigenvalue weighted by atomic mass is 10.2. The van der Waals surface area contributed by atoms with Gasteiger partial charge >= 0.3 is 0 Å². The number of fused-ring (bicyclic) bond motifs is 1. The van der Waals surface area contributed by atoms with Gasteiger partial charge in [-0.3, -0.25) is 0 Å². The molecule has 0 radical (unpaired) electrons. The molecule has 0 bridgehead atoms. The van der Waals surface area contributed by atoms with Gasteiger partial charge in [-0.05, 0) is 19.1 Å². The van der Waals surface area contributed by atoms with Crippen LogP contribution in [0.1, 0.15) is 16.3 Å². The first-order valence-corrected chi connectivity index (χ1v) is 6.74. The van der Waals surface area contributed by atoms with E-state index in [0.717, 1.165) is 29.3 Å². The van der Waals surface area contributed by atoms with E-state index in [1.54, 1.807) is 11.3 Å². The van der Waals surface area contributed by atoms with Crippen molar-refractivity contribution in [1.29, 1.82) is 0 Å². The van der Waals surface area contributed by atoms with E-state index in [1.165, 1.54) is 5.56 Å². The maximum atomic E-state index is 4.43. The summed E-state index contributed by atoms with van der Waals surface area (Å²) < 4.78 is 1.89. The summed E-state index contributed by atoms with van der Waals surface area (Å²) in [6.45, 7) is 3.64. The molecular weight excluding hydrogens is 244 g/mol. The van der Waals surface area contributed by atoms with Crippen LogP contribution in [-0.2, 0) is 13.1 Å². The first-order valence-electron chi connectivity index (χ1n) is 5.86. The Hall–Kier alpha value is -1.72. The Morgan fingerprint density at radius 1 is 1.33 bits per heavy atom. The molecule has 0 aromatic carbocycles. The Morgan fingerprint density at radius 2 is 2.28 bits per heavy atom. The van der Waals surface area contributed by atoms with Crippen molar-refractivity contribution in [1.82, 2.24) is 19.9 Å². The number of aryl methyl sites for hydroxylation is 1.